The molecule has 0 saturated carbocycles. The van der Waals surface area contributed by atoms with E-state index in [-0.39, 0.29) is 6.61 Å². The lowest BCUT2D eigenvalue weighted by Crippen LogP contribution is -2.18. The van der Waals surface area contributed by atoms with Gasteiger partial charge in [0, 0.05) is 6.20 Å². The van der Waals surface area contributed by atoms with Crippen molar-refractivity contribution in [2.24, 2.45) is 11.6 Å². The first kappa shape index (κ1) is 8.82. The summed E-state index contributed by atoms with van der Waals surface area (Å²) in [6.07, 6.45) is 6.35. The van der Waals surface area contributed by atoms with Crippen molar-refractivity contribution in [3.63, 3.8) is 0 Å². The van der Waals surface area contributed by atoms with Crippen LogP contribution < -0.4 is 17.0 Å². The highest BCUT2D eigenvalue weighted by atomic mass is 16.5. The number of hydrogen-bond donors (Lipinski definition) is 3. The van der Waals surface area contributed by atoms with Crippen molar-refractivity contribution >= 4 is 0 Å². The van der Waals surface area contributed by atoms with Gasteiger partial charge in [-0.2, -0.15) is 0 Å². The van der Waals surface area contributed by atoms with E-state index in [9.17, 15) is 0 Å². The van der Waals surface area contributed by atoms with E-state index in [4.69, 9.17) is 22.7 Å². The van der Waals surface area contributed by atoms with E-state index in [1.807, 2.05) is 0 Å². The third-order valence-electron chi connectivity index (χ3n) is 0.723. The molecule has 0 atom stereocenters. The van der Waals surface area contributed by atoms with Crippen molar-refractivity contribution in [2.75, 3.05) is 13.2 Å². The zero-order valence-electron chi connectivity index (χ0n) is 5.63. The van der Waals surface area contributed by atoms with Gasteiger partial charge in [0.1, 0.15) is 6.61 Å². The summed E-state index contributed by atoms with van der Waals surface area (Å²) >= 11 is 0. The minimum atomic E-state index is 0.263. The summed E-state index contributed by atoms with van der Waals surface area (Å²) in [5.41, 5.74) is 8.14. The fourth-order valence-electron chi connectivity index (χ4n) is 0.377. The highest BCUT2D eigenvalue weighted by Gasteiger charge is 1.86. The van der Waals surface area contributed by atoms with E-state index in [1.165, 1.54) is 6.20 Å². The maximum Gasteiger partial charge on any atom is 0.107 e. The molecular formula is C6H11N3O. The van der Waals surface area contributed by atoms with Gasteiger partial charge < -0.3 is 15.9 Å². The van der Waals surface area contributed by atoms with Gasteiger partial charge in [0.15, 0.2) is 0 Å². The maximum atomic E-state index is 5.35. The monoisotopic (exact) mass is 141 g/mol. The molecule has 0 aromatic heterocycles. The molecular weight excluding hydrogens is 130 g/mol. The Kier molecular flexibility index (Phi) is 5.25. The molecule has 5 N–H and O–H groups in total. The normalized spacial score (nSPS) is 10.6. The Labute approximate surface area is 60.2 Å². The molecule has 0 aliphatic carbocycles. The van der Waals surface area contributed by atoms with Crippen LogP contribution in [0.1, 0.15) is 0 Å². The molecule has 0 amide bonds. The first-order valence-electron chi connectivity index (χ1n) is 2.73. The van der Waals surface area contributed by atoms with Crippen LogP contribution in [0.3, 0.4) is 0 Å². The zero-order chi connectivity index (χ0) is 7.82. The molecule has 4 heteroatoms. The van der Waals surface area contributed by atoms with Gasteiger partial charge >= 0.3 is 0 Å². The van der Waals surface area contributed by atoms with E-state index in [0.717, 1.165) is 0 Å². The zero-order valence-corrected chi connectivity index (χ0v) is 5.63. The standard InChI is InChI=1S/C6H11N3O/c1-2-3-10-5-6(7)4-9-8/h1,4,9H,3,5,7-8H2/b6-4-. The largest absolute Gasteiger partial charge is 0.399 e. The number of nitrogens with two attached hydrogens (primary N) is 2. The number of ether oxygens (including phenoxy) is 1. The Morgan fingerprint density at radius 1 is 1.80 bits per heavy atom. The Bertz CT molecular complexity index is 148. The molecule has 0 radical (unpaired) electrons. The molecule has 0 fully saturated rings. The third kappa shape index (κ3) is 4.97. The van der Waals surface area contributed by atoms with Gasteiger partial charge in [0.05, 0.1) is 12.3 Å². The van der Waals surface area contributed by atoms with Crippen LogP contribution in [0, 0.1) is 12.3 Å². The molecule has 10 heavy (non-hydrogen) atoms. The minimum absolute atomic E-state index is 0.263. The molecule has 0 spiro atoms. The molecule has 0 bridgehead atoms. The van der Waals surface area contributed by atoms with Crippen LogP contribution in [0.2, 0.25) is 0 Å². The number of terminal acetylenes is 1. The Morgan fingerprint density at radius 3 is 3.00 bits per heavy atom. The number of rotatable bonds is 4. The Balaban J connectivity index is 3.32. The van der Waals surface area contributed by atoms with Crippen LogP contribution >= 0.6 is 0 Å². The maximum absolute atomic E-state index is 5.35. The average molecular weight is 141 g/mol. The highest BCUT2D eigenvalue weighted by Crippen LogP contribution is 1.81. The number of hydrazine groups is 1. The second kappa shape index (κ2) is 5.95. The lowest BCUT2D eigenvalue weighted by Gasteiger charge is -1.99. The van der Waals surface area contributed by atoms with Crippen molar-refractivity contribution in [3.8, 4) is 12.3 Å². The van der Waals surface area contributed by atoms with E-state index in [0.29, 0.717) is 12.3 Å². The molecule has 4 nitrogen and oxygen atoms in total. The third-order valence-corrected chi connectivity index (χ3v) is 0.723. The van der Waals surface area contributed by atoms with Crippen molar-refractivity contribution in [3.05, 3.63) is 11.9 Å². The Hall–Kier alpha value is -1.18. The van der Waals surface area contributed by atoms with Gasteiger partial charge in [0.25, 0.3) is 0 Å². The van der Waals surface area contributed by atoms with Gasteiger partial charge in [-0.25, -0.2) is 0 Å². The average Bonchev–Trinajstić information content (AvgIpc) is 1.89. The van der Waals surface area contributed by atoms with Gasteiger partial charge in [-0.15, -0.1) is 6.42 Å². The van der Waals surface area contributed by atoms with Gasteiger partial charge in [-0.3, -0.25) is 5.84 Å². The van der Waals surface area contributed by atoms with Gasteiger partial charge in [0.2, 0.25) is 0 Å². The van der Waals surface area contributed by atoms with Crippen LogP contribution in [-0.4, -0.2) is 13.2 Å². The van der Waals surface area contributed by atoms with Crippen molar-refractivity contribution < 1.29 is 4.74 Å². The summed E-state index contributed by atoms with van der Waals surface area (Å²) in [7, 11) is 0. The molecule has 0 aliphatic rings. The molecule has 56 valence electrons. The van der Waals surface area contributed by atoms with Crippen LogP contribution in [0.5, 0.6) is 0 Å². The molecule has 0 rings (SSSR count). The summed E-state index contributed by atoms with van der Waals surface area (Å²) in [4.78, 5) is 0. The molecule has 0 aliphatic heterocycles. The van der Waals surface area contributed by atoms with Crippen molar-refractivity contribution in [1.29, 1.82) is 0 Å². The minimum Gasteiger partial charge on any atom is -0.399 e. The number of hydrogen-bond acceptors (Lipinski definition) is 4. The molecule has 0 saturated heterocycles. The number of nitrogens with one attached hydrogen (secondary N) is 1. The summed E-state index contributed by atoms with van der Waals surface area (Å²) < 4.78 is 4.87. The molecule has 0 aromatic rings. The van der Waals surface area contributed by atoms with Crippen molar-refractivity contribution in [2.45, 2.75) is 0 Å². The van der Waals surface area contributed by atoms with Gasteiger partial charge in [-0.1, -0.05) is 5.92 Å². The quantitative estimate of drug-likeness (QED) is 0.201. The van der Waals surface area contributed by atoms with E-state index in [1.54, 1.807) is 0 Å². The summed E-state index contributed by atoms with van der Waals surface area (Å²) in [5, 5.41) is 0. The fraction of sp³-hybridized carbons (Fsp3) is 0.333. The summed E-state index contributed by atoms with van der Waals surface area (Å²) in [5.74, 6) is 7.24. The lowest BCUT2D eigenvalue weighted by molar-refractivity contribution is 0.191. The summed E-state index contributed by atoms with van der Waals surface area (Å²) in [6, 6.07) is 0. The van der Waals surface area contributed by atoms with Gasteiger partial charge in [-0.05, 0) is 0 Å². The first-order chi connectivity index (χ1) is 4.81. The van der Waals surface area contributed by atoms with Crippen LogP contribution in [0.15, 0.2) is 11.9 Å². The summed E-state index contributed by atoms with van der Waals surface area (Å²) in [6.45, 7) is 0.563. The van der Waals surface area contributed by atoms with E-state index in [2.05, 4.69) is 11.3 Å². The Morgan fingerprint density at radius 2 is 2.50 bits per heavy atom. The topological polar surface area (TPSA) is 73.3 Å². The SMILES string of the molecule is C#CCOC/C(N)=C/NN. The fourth-order valence-corrected chi connectivity index (χ4v) is 0.377. The second-order valence-electron chi connectivity index (χ2n) is 1.58. The van der Waals surface area contributed by atoms with Crippen LogP contribution in [-0.2, 0) is 4.74 Å². The molecule has 0 unspecified atom stereocenters. The smallest absolute Gasteiger partial charge is 0.107 e. The van der Waals surface area contributed by atoms with E-state index >= 15 is 0 Å². The lowest BCUT2D eigenvalue weighted by atomic mass is 10.5. The van der Waals surface area contributed by atoms with E-state index < -0.39 is 0 Å². The van der Waals surface area contributed by atoms with Crippen LogP contribution in [0.4, 0.5) is 0 Å². The highest BCUT2D eigenvalue weighted by molar-refractivity contribution is 4.94. The predicted molar refractivity (Wildman–Crippen MR) is 39.2 cm³/mol. The molecule has 0 aromatic carbocycles. The second-order valence-corrected chi connectivity index (χ2v) is 1.58. The predicted octanol–water partition coefficient (Wildman–Crippen LogP) is -1.10. The molecule has 0 heterocycles. The van der Waals surface area contributed by atoms with Crippen LogP contribution in [0.25, 0.3) is 0 Å². The first-order valence-corrected chi connectivity index (χ1v) is 2.73. The van der Waals surface area contributed by atoms with Crippen molar-refractivity contribution in [1.82, 2.24) is 5.43 Å².